The normalized spacial score (nSPS) is 9.80. The first-order valence-corrected chi connectivity index (χ1v) is 3.58. The topological polar surface area (TPSA) is 80.7 Å². The van der Waals surface area contributed by atoms with E-state index in [0.29, 0.717) is 0 Å². The van der Waals surface area contributed by atoms with Crippen LogP contribution in [0.3, 0.4) is 0 Å². The Balaban J connectivity index is 0. The molecule has 55 valence electrons. The second-order valence-electron chi connectivity index (χ2n) is 1.30. The molecule has 0 saturated carbocycles. The fourth-order valence-electron chi connectivity index (χ4n) is 0.208. The molecule has 0 aromatic carbocycles. The molecule has 5 nitrogen and oxygen atoms in total. The molecule has 10 heavy (non-hydrogen) atoms. The van der Waals surface area contributed by atoms with Crippen LogP contribution in [0.1, 0.15) is 0 Å². The maximum Gasteiger partial charge on any atom is 0.323 e. The summed E-state index contributed by atoms with van der Waals surface area (Å²) in [7, 11) is -3.17. The molecule has 1 radical (unpaired) electrons. The van der Waals surface area contributed by atoms with Crippen LogP contribution >= 0.6 is 0 Å². The Morgan fingerprint density at radius 1 is 1.60 bits per heavy atom. The third-order valence-electron chi connectivity index (χ3n) is 0.528. The van der Waals surface area contributed by atoms with Gasteiger partial charge in [-0.25, -0.2) is 0 Å². The summed E-state index contributed by atoms with van der Waals surface area (Å²) in [5.74, 6) is -1.96. The van der Waals surface area contributed by atoms with Crippen LogP contribution in [0.15, 0.2) is 0 Å². The molecular weight excluding hydrogens is 171 g/mol. The van der Waals surface area contributed by atoms with Crippen LogP contribution in [0, 0.1) is 0 Å². The van der Waals surface area contributed by atoms with Crippen molar-refractivity contribution in [1.82, 2.24) is 0 Å². The average molecular weight is 177 g/mol. The van der Waals surface area contributed by atoms with Crippen molar-refractivity contribution in [2.75, 3.05) is 12.9 Å². The molecule has 0 amide bonds. The van der Waals surface area contributed by atoms with Crippen LogP contribution in [0.2, 0.25) is 0 Å². The molecule has 0 unspecified atom stereocenters. The minimum atomic E-state index is -4.21. The van der Waals surface area contributed by atoms with Gasteiger partial charge >= 0.3 is 5.97 Å². The zero-order chi connectivity index (χ0) is 7.49. The van der Waals surface area contributed by atoms with Gasteiger partial charge < -0.3 is 4.74 Å². The minimum Gasteiger partial charge on any atom is -0.468 e. The van der Waals surface area contributed by atoms with E-state index in [0.717, 1.165) is 7.11 Å². The van der Waals surface area contributed by atoms with Crippen molar-refractivity contribution in [3.63, 3.8) is 0 Å². The summed E-state index contributed by atoms with van der Waals surface area (Å²) in [6.07, 6.45) is 0. The van der Waals surface area contributed by atoms with Crippen LogP contribution in [0.25, 0.3) is 0 Å². The Morgan fingerprint density at radius 3 is 2.10 bits per heavy atom. The number of methoxy groups -OCH3 is 1. The van der Waals surface area contributed by atoms with Crippen molar-refractivity contribution in [2.45, 2.75) is 0 Å². The quantitative estimate of drug-likeness (QED) is 0.321. The van der Waals surface area contributed by atoms with E-state index in [-0.39, 0.29) is 29.6 Å². The van der Waals surface area contributed by atoms with Crippen molar-refractivity contribution in [1.29, 1.82) is 0 Å². The van der Waals surface area contributed by atoms with Crippen molar-refractivity contribution in [3.05, 3.63) is 0 Å². The predicted molar refractivity (Wildman–Crippen MR) is 34.2 cm³/mol. The summed E-state index contributed by atoms with van der Waals surface area (Å²) in [5, 5.41) is 0. The Morgan fingerprint density at radius 2 is 2.00 bits per heavy atom. The standard InChI is InChI=1S/C3H6O5S.Na/c1-8-3(4)2-9(5,6)7;/h2H2,1H3,(H,5,6,7);. The van der Waals surface area contributed by atoms with Gasteiger partial charge in [0.15, 0.2) is 5.75 Å². The van der Waals surface area contributed by atoms with Crippen molar-refractivity contribution in [3.8, 4) is 0 Å². The van der Waals surface area contributed by atoms with E-state index in [2.05, 4.69) is 4.74 Å². The van der Waals surface area contributed by atoms with Gasteiger partial charge in [-0.1, -0.05) is 0 Å². The number of hydrogen-bond acceptors (Lipinski definition) is 4. The SMILES string of the molecule is COC(=O)CS(=O)(=O)O.[Na]. The van der Waals surface area contributed by atoms with Gasteiger partial charge in [0.1, 0.15) is 0 Å². The monoisotopic (exact) mass is 177 g/mol. The summed E-state index contributed by atoms with van der Waals surface area (Å²) in [6, 6.07) is 0. The summed E-state index contributed by atoms with van der Waals surface area (Å²) < 4.78 is 31.6. The van der Waals surface area contributed by atoms with Gasteiger partial charge in [-0.3, -0.25) is 9.35 Å². The molecule has 0 spiro atoms. The molecule has 1 N–H and O–H groups in total. The van der Waals surface area contributed by atoms with E-state index in [1.165, 1.54) is 0 Å². The van der Waals surface area contributed by atoms with E-state index in [1.54, 1.807) is 0 Å². The van der Waals surface area contributed by atoms with Gasteiger partial charge in [0, 0.05) is 29.6 Å². The van der Waals surface area contributed by atoms with Crippen molar-refractivity contribution < 1.29 is 22.5 Å². The third-order valence-corrected chi connectivity index (χ3v) is 1.13. The number of rotatable bonds is 2. The largest absolute Gasteiger partial charge is 0.468 e. The van der Waals surface area contributed by atoms with Crippen LogP contribution in [0.5, 0.6) is 0 Å². The smallest absolute Gasteiger partial charge is 0.323 e. The zero-order valence-electron chi connectivity index (χ0n) is 5.70. The van der Waals surface area contributed by atoms with Crippen LogP contribution < -0.4 is 0 Å². The number of carbonyl (C=O) groups is 1. The summed E-state index contributed by atoms with van der Waals surface area (Å²) in [5.41, 5.74) is 0. The Labute approximate surface area is 80.8 Å². The molecule has 7 heteroatoms. The van der Waals surface area contributed by atoms with Gasteiger partial charge in [0.05, 0.1) is 7.11 Å². The number of carbonyl (C=O) groups excluding carboxylic acids is 1. The number of ether oxygens (including phenoxy) is 1. The number of esters is 1. The second-order valence-corrected chi connectivity index (χ2v) is 2.75. The van der Waals surface area contributed by atoms with E-state index in [9.17, 15) is 13.2 Å². The number of hydrogen-bond donors (Lipinski definition) is 1. The fraction of sp³-hybridized carbons (Fsp3) is 0.667. The molecular formula is C3H6NaO5S. The summed E-state index contributed by atoms with van der Waals surface area (Å²) >= 11 is 0. The van der Waals surface area contributed by atoms with Gasteiger partial charge in [-0.2, -0.15) is 8.42 Å². The maximum atomic E-state index is 10.1. The van der Waals surface area contributed by atoms with E-state index >= 15 is 0 Å². The minimum absolute atomic E-state index is 0. The average Bonchev–Trinajstić information content (AvgIpc) is 1.62. The van der Waals surface area contributed by atoms with Gasteiger partial charge in [0.2, 0.25) is 0 Å². The van der Waals surface area contributed by atoms with Gasteiger partial charge in [-0.15, -0.1) is 0 Å². The molecule has 0 saturated heterocycles. The maximum absolute atomic E-state index is 10.1. The first kappa shape index (κ1) is 13.0. The van der Waals surface area contributed by atoms with Crippen molar-refractivity contribution >= 4 is 45.6 Å². The summed E-state index contributed by atoms with van der Waals surface area (Å²) in [6.45, 7) is 0. The molecule has 0 fully saturated rings. The molecule has 0 aliphatic rings. The zero-order valence-corrected chi connectivity index (χ0v) is 8.51. The second kappa shape index (κ2) is 5.09. The molecule has 0 bridgehead atoms. The Bertz CT molecular complexity index is 195. The molecule has 0 aliphatic carbocycles. The summed E-state index contributed by atoms with van der Waals surface area (Å²) in [4.78, 5) is 10.1. The van der Waals surface area contributed by atoms with Gasteiger partial charge in [0.25, 0.3) is 10.1 Å². The molecule has 0 heterocycles. The van der Waals surface area contributed by atoms with E-state index in [4.69, 9.17) is 4.55 Å². The predicted octanol–water partition coefficient (Wildman–Crippen LogP) is -1.33. The van der Waals surface area contributed by atoms with Crippen LogP contribution in [-0.2, 0) is 19.6 Å². The Kier molecular flexibility index (Phi) is 6.61. The Hall–Kier alpha value is 0.380. The van der Waals surface area contributed by atoms with Crippen molar-refractivity contribution in [2.24, 2.45) is 0 Å². The first-order valence-electron chi connectivity index (χ1n) is 1.97. The fourth-order valence-corrected chi connectivity index (χ4v) is 0.624. The van der Waals surface area contributed by atoms with Crippen LogP contribution in [-0.4, -0.2) is 61.4 Å². The molecule has 0 rings (SSSR count). The molecule has 0 aliphatic heterocycles. The molecule has 0 aromatic rings. The van der Waals surface area contributed by atoms with E-state index in [1.807, 2.05) is 0 Å². The third kappa shape index (κ3) is 8.38. The molecule has 0 aromatic heterocycles. The van der Waals surface area contributed by atoms with Gasteiger partial charge in [-0.05, 0) is 0 Å². The first-order chi connectivity index (χ1) is 3.95. The van der Waals surface area contributed by atoms with Crippen LogP contribution in [0.4, 0.5) is 0 Å². The van der Waals surface area contributed by atoms with E-state index < -0.39 is 21.8 Å². The molecule has 0 atom stereocenters.